The summed E-state index contributed by atoms with van der Waals surface area (Å²) in [5.41, 5.74) is 19.7. The molecule has 0 fully saturated rings. The van der Waals surface area contributed by atoms with Crippen LogP contribution in [0.4, 0.5) is 0 Å². The van der Waals surface area contributed by atoms with Crippen molar-refractivity contribution < 1.29 is 0 Å². The van der Waals surface area contributed by atoms with E-state index >= 15 is 0 Å². The molecule has 0 amide bonds. The minimum atomic E-state index is -0.547. The maximum absolute atomic E-state index is 4.93. The van der Waals surface area contributed by atoms with E-state index in [9.17, 15) is 0 Å². The van der Waals surface area contributed by atoms with Crippen molar-refractivity contribution in [3.05, 3.63) is 262 Å². The Balaban J connectivity index is 0.000000431. The van der Waals surface area contributed by atoms with Gasteiger partial charge < -0.3 is 0 Å². The number of allylic oxidation sites excluding steroid dienone is 17. The highest BCUT2D eigenvalue weighted by molar-refractivity contribution is 7.80. The van der Waals surface area contributed by atoms with Crippen molar-refractivity contribution in [3.8, 4) is 11.1 Å². The molecule has 2 aliphatic carbocycles. The van der Waals surface area contributed by atoms with Crippen LogP contribution >= 0.6 is 12.6 Å². The number of rotatable bonds is 14. The smallest absolute Gasteiger partial charge is 0.0698 e. The summed E-state index contributed by atoms with van der Waals surface area (Å²) in [6.07, 6.45) is 29.4. The molecule has 0 saturated heterocycles. The molecule has 5 aromatic carbocycles. The first kappa shape index (κ1) is 52.8. The van der Waals surface area contributed by atoms with Crippen LogP contribution in [-0.4, -0.2) is 0 Å². The minimum Gasteiger partial charge on any atom is -0.143 e. The van der Waals surface area contributed by atoms with Crippen LogP contribution in [0.2, 0.25) is 0 Å². The summed E-state index contributed by atoms with van der Waals surface area (Å²) in [7, 11) is 0. The highest BCUT2D eigenvalue weighted by Gasteiger charge is 2.49. The van der Waals surface area contributed by atoms with Crippen LogP contribution in [0.1, 0.15) is 134 Å². The van der Waals surface area contributed by atoms with Gasteiger partial charge in [-0.15, -0.1) is 12.6 Å². The lowest BCUT2D eigenvalue weighted by Crippen LogP contribution is -2.42. The van der Waals surface area contributed by atoms with Crippen molar-refractivity contribution in [1.29, 1.82) is 0 Å². The Morgan fingerprint density at radius 2 is 1.41 bits per heavy atom. The molecule has 7 rings (SSSR count). The molecular formula is C67H76S. The first-order valence-corrected chi connectivity index (χ1v) is 25.2. The van der Waals surface area contributed by atoms with Gasteiger partial charge in [0, 0.05) is 10.3 Å². The Morgan fingerprint density at radius 1 is 0.735 bits per heavy atom. The summed E-state index contributed by atoms with van der Waals surface area (Å²) < 4.78 is 0. The molecule has 0 spiro atoms. The second-order valence-corrected chi connectivity index (χ2v) is 18.9. The van der Waals surface area contributed by atoms with E-state index in [1.165, 1.54) is 72.4 Å². The zero-order valence-electron chi connectivity index (χ0n) is 43.0. The summed E-state index contributed by atoms with van der Waals surface area (Å²) >= 11 is 4.40. The SMILES string of the molecule is C=C(/C=C\C(C)=C/C)c1ccccc1S.C=C(/C=C\CC(C)C)C1(c2cccc(C(/C=C\c3cccc4c3Cc3ccccc3-4)=C/C=C/C)c2)C(/C=C\C)=C(CC)C(C)(C)c2ccccc21.CC. The number of hydrogen-bond donors (Lipinski definition) is 1. The largest absolute Gasteiger partial charge is 0.143 e. The number of benzene rings is 5. The molecule has 0 aromatic heterocycles. The Hall–Kier alpha value is -6.15. The molecule has 0 N–H and O–H groups in total. The zero-order chi connectivity index (χ0) is 49.4. The second kappa shape index (κ2) is 24.7. The first-order chi connectivity index (χ1) is 32.8. The fraction of sp³-hybridized carbons (Fsp3) is 0.254. The molecule has 0 aliphatic heterocycles. The van der Waals surface area contributed by atoms with Crippen molar-refractivity contribution in [2.24, 2.45) is 5.92 Å². The molecule has 0 saturated carbocycles. The van der Waals surface area contributed by atoms with Crippen LogP contribution in [0.5, 0.6) is 0 Å². The van der Waals surface area contributed by atoms with E-state index in [1.54, 1.807) is 0 Å². The average molecular weight is 913 g/mol. The van der Waals surface area contributed by atoms with E-state index in [-0.39, 0.29) is 5.41 Å². The predicted molar refractivity (Wildman–Crippen MR) is 306 cm³/mol. The molecule has 1 heteroatoms. The fourth-order valence-electron chi connectivity index (χ4n) is 9.76. The van der Waals surface area contributed by atoms with Gasteiger partial charge in [-0.2, -0.15) is 0 Å². The van der Waals surface area contributed by atoms with Gasteiger partial charge in [-0.1, -0.05) is 249 Å². The van der Waals surface area contributed by atoms with Crippen LogP contribution in [0.3, 0.4) is 0 Å². The number of thiol groups is 1. The van der Waals surface area contributed by atoms with Crippen molar-refractivity contribution in [3.63, 3.8) is 0 Å². The summed E-state index contributed by atoms with van der Waals surface area (Å²) in [5, 5.41) is 0. The van der Waals surface area contributed by atoms with E-state index in [2.05, 4.69) is 232 Å². The number of fused-ring (bicyclic) bond motifs is 4. The monoisotopic (exact) mass is 913 g/mol. The Labute approximate surface area is 417 Å². The average Bonchev–Trinajstić information content (AvgIpc) is 3.74. The molecule has 0 nitrogen and oxygen atoms in total. The van der Waals surface area contributed by atoms with E-state index in [0.29, 0.717) is 5.92 Å². The summed E-state index contributed by atoms with van der Waals surface area (Å²) in [4.78, 5) is 0.963. The van der Waals surface area contributed by atoms with E-state index < -0.39 is 5.41 Å². The van der Waals surface area contributed by atoms with Crippen molar-refractivity contribution in [2.45, 2.75) is 111 Å². The molecule has 68 heavy (non-hydrogen) atoms. The highest BCUT2D eigenvalue weighted by atomic mass is 32.1. The third-order valence-electron chi connectivity index (χ3n) is 13.3. The predicted octanol–water partition coefficient (Wildman–Crippen LogP) is 19.5. The lowest BCUT2D eigenvalue weighted by atomic mass is 9.53. The van der Waals surface area contributed by atoms with Crippen molar-refractivity contribution in [1.82, 2.24) is 0 Å². The highest BCUT2D eigenvalue weighted by Crippen LogP contribution is 2.57. The summed E-state index contributed by atoms with van der Waals surface area (Å²) in [6, 6.07) is 41.9. The normalized spacial score (nSPS) is 16.5. The molecular weight excluding hydrogens is 837 g/mol. The molecule has 0 heterocycles. The van der Waals surface area contributed by atoms with Crippen molar-refractivity contribution in [2.75, 3.05) is 0 Å². The first-order valence-electron chi connectivity index (χ1n) is 24.8. The van der Waals surface area contributed by atoms with Crippen LogP contribution < -0.4 is 0 Å². The fourth-order valence-corrected chi connectivity index (χ4v) is 10.1. The van der Waals surface area contributed by atoms with Crippen LogP contribution in [0.15, 0.2) is 222 Å². The molecule has 1 atom stereocenters. The number of hydrogen-bond acceptors (Lipinski definition) is 1. The zero-order valence-corrected chi connectivity index (χ0v) is 43.9. The van der Waals surface area contributed by atoms with Gasteiger partial charge in [-0.05, 0) is 143 Å². The summed E-state index contributed by atoms with van der Waals surface area (Å²) in [6.45, 7) is 32.9. The summed E-state index contributed by atoms with van der Waals surface area (Å²) in [5.74, 6) is 0.578. The Bertz CT molecular complexity index is 2820. The molecule has 0 radical (unpaired) electrons. The van der Waals surface area contributed by atoms with Gasteiger partial charge in [0.25, 0.3) is 0 Å². The van der Waals surface area contributed by atoms with Gasteiger partial charge in [0.1, 0.15) is 0 Å². The maximum atomic E-state index is 4.93. The van der Waals surface area contributed by atoms with Crippen LogP contribution in [0.25, 0.3) is 28.3 Å². The van der Waals surface area contributed by atoms with E-state index in [4.69, 9.17) is 6.58 Å². The third-order valence-corrected chi connectivity index (χ3v) is 13.7. The van der Waals surface area contributed by atoms with Gasteiger partial charge in [0.2, 0.25) is 0 Å². The lowest BCUT2D eigenvalue weighted by Gasteiger charge is -2.49. The van der Waals surface area contributed by atoms with Crippen molar-refractivity contribution >= 4 is 29.9 Å². The Morgan fingerprint density at radius 3 is 2.10 bits per heavy atom. The molecule has 2 aliphatic rings. The molecule has 5 aromatic rings. The minimum absolute atomic E-state index is 0.113. The standard InChI is InChI=1S/C51H54.C14H16S.C2H6/c1-9-12-23-38(32-33-39-25-19-29-44-43-28-14-13-24-41(43)35-45(39)44)40-26-18-27-42(34-40)51(37(6)22-17-21-36(4)5)48(20-10-2)46(11-3)50(7,8)47-30-15-16-31-49(47)51;1-4-11(2)9-10-12(3)13-7-5-6-8-14(13)15;1-2/h9-10,12-20,22-34,36H,6,11,21,35H2,1-5,7-8H3;4-10,15H,3H2,1-2H3;1-2H3/b12-9+,20-10-,22-17-,33-32-,38-23+;10-9-,11-4-;. The van der Waals surface area contributed by atoms with Gasteiger partial charge in [-0.3, -0.25) is 0 Å². The molecule has 350 valence electrons. The molecule has 1 unspecified atom stereocenters. The lowest BCUT2D eigenvalue weighted by molar-refractivity contribution is 0.531. The Kier molecular flexibility index (Phi) is 19.2. The van der Waals surface area contributed by atoms with E-state index in [0.717, 1.165) is 40.9 Å². The van der Waals surface area contributed by atoms with Crippen LogP contribution in [-0.2, 0) is 17.3 Å². The third kappa shape index (κ3) is 11.6. The quantitative estimate of drug-likeness (QED) is 0.0817. The van der Waals surface area contributed by atoms with Crippen LogP contribution in [0, 0.1) is 5.92 Å². The second-order valence-electron chi connectivity index (χ2n) is 18.4. The maximum Gasteiger partial charge on any atom is 0.0698 e. The van der Waals surface area contributed by atoms with Gasteiger partial charge >= 0.3 is 0 Å². The van der Waals surface area contributed by atoms with Gasteiger partial charge in [0.05, 0.1) is 5.41 Å². The molecule has 0 bridgehead atoms. The van der Waals surface area contributed by atoms with E-state index in [1.807, 2.05) is 51.1 Å². The topological polar surface area (TPSA) is 0 Å². The van der Waals surface area contributed by atoms with Gasteiger partial charge in [0.15, 0.2) is 0 Å². The van der Waals surface area contributed by atoms with Gasteiger partial charge in [-0.25, -0.2) is 0 Å².